The van der Waals surface area contributed by atoms with Crippen molar-refractivity contribution in [2.75, 3.05) is 5.32 Å². The smallest absolute Gasteiger partial charge is 0.348 e. The monoisotopic (exact) mass is 318 g/mol. The number of aromatic carboxylic acids is 1. The van der Waals surface area contributed by atoms with Crippen molar-refractivity contribution >= 4 is 29.0 Å². The lowest BCUT2D eigenvalue weighted by Gasteiger charge is -2.22. The van der Waals surface area contributed by atoms with Crippen molar-refractivity contribution in [2.24, 2.45) is 5.73 Å². The molecule has 0 radical (unpaired) electrons. The zero-order valence-corrected chi connectivity index (χ0v) is 13.5. The SMILES string of the molecule is CC(C)(C)c1ccccc1-c1cc(NC(N)=O)c(C(=O)O)s1. The van der Waals surface area contributed by atoms with Crippen molar-refractivity contribution in [3.05, 3.63) is 40.8 Å². The fraction of sp³-hybridized carbons (Fsp3) is 0.250. The van der Waals surface area contributed by atoms with Gasteiger partial charge in [0.2, 0.25) is 0 Å². The molecular weight excluding hydrogens is 300 g/mol. The van der Waals surface area contributed by atoms with Crippen molar-refractivity contribution < 1.29 is 14.7 Å². The highest BCUT2D eigenvalue weighted by Gasteiger charge is 2.22. The fourth-order valence-electron chi connectivity index (χ4n) is 2.26. The van der Waals surface area contributed by atoms with Crippen molar-refractivity contribution in [3.63, 3.8) is 0 Å². The van der Waals surface area contributed by atoms with Gasteiger partial charge in [-0.2, -0.15) is 0 Å². The number of rotatable bonds is 3. The topological polar surface area (TPSA) is 92.4 Å². The van der Waals surface area contributed by atoms with Gasteiger partial charge in [-0.05, 0) is 22.6 Å². The largest absolute Gasteiger partial charge is 0.477 e. The molecule has 0 aliphatic carbocycles. The van der Waals surface area contributed by atoms with E-state index in [-0.39, 0.29) is 16.0 Å². The van der Waals surface area contributed by atoms with Crippen LogP contribution in [-0.4, -0.2) is 17.1 Å². The zero-order valence-electron chi connectivity index (χ0n) is 12.6. The molecule has 2 amide bonds. The first-order valence-corrected chi connectivity index (χ1v) is 7.55. The number of carboxylic acid groups (broad SMARTS) is 1. The summed E-state index contributed by atoms with van der Waals surface area (Å²) in [6, 6.07) is 8.72. The highest BCUT2D eigenvalue weighted by atomic mass is 32.1. The summed E-state index contributed by atoms with van der Waals surface area (Å²) in [5, 5.41) is 11.7. The van der Waals surface area contributed by atoms with E-state index in [0.29, 0.717) is 0 Å². The first-order chi connectivity index (χ1) is 10.2. The van der Waals surface area contributed by atoms with E-state index in [1.165, 1.54) is 0 Å². The fourth-order valence-corrected chi connectivity index (χ4v) is 3.25. The number of carbonyl (C=O) groups excluding carboxylic acids is 1. The van der Waals surface area contributed by atoms with Gasteiger partial charge in [-0.3, -0.25) is 0 Å². The molecule has 0 bridgehead atoms. The van der Waals surface area contributed by atoms with E-state index in [1.54, 1.807) is 6.07 Å². The number of benzene rings is 1. The van der Waals surface area contributed by atoms with Crippen molar-refractivity contribution in [1.82, 2.24) is 0 Å². The zero-order chi connectivity index (χ0) is 16.5. The molecule has 0 unspecified atom stereocenters. The standard InChI is InChI=1S/C16H18N2O3S/c1-16(2,3)10-7-5-4-6-9(10)12-8-11(18-15(17)21)13(22-12)14(19)20/h4-8H,1-3H3,(H,19,20)(H3,17,18,21). The first kappa shape index (κ1) is 16.0. The molecule has 0 spiro atoms. The van der Waals surface area contributed by atoms with Crippen molar-refractivity contribution in [2.45, 2.75) is 26.2 Å². The Hall–Kier alpha value is -2.34. The normalized spacial score (nSPS) is 11.2. The Morgan fingerprint density at radius 3 is 2.41 bits per heavy atom. The van der Waals surface area contributed by atoms with Crippen LogP contribution in [0.3, 0.4) is 0 Å². The minimum atomic E-state index is -1.09. The van der Waals surface area contributed by atoms with Crippen LogP contribution in [0.4, 0.5) is 10.5 Å². The summed E-state index contributed by atoms with van der Waals surface area (Å²) < 4.78 is 0. The molecular formula is C16H18N2O3S. The summed E-state index contributed by atoms with van der Waals surface area (Å²) in [5.41, 5.74) is 7.31. The van der Waals surface area contributed by atoms with Crippen LogP contribution in [0.2, 0.25) is 0 Å². The van der Waals surface area contributed by atoms with Gasteiger partial charge in [-0.25, -0.2) is 9.59 Å². The average molecular weight is 318 g/mol. The van der Waals surface area contributed by atoms with Gasteiger partial charge in [-0.15, -0.1) is 11.3 Å². The molecule has 0 saturated carbocycles. The van der Waals surface area contributed by atoms with E-state index in [2.05, 4.69) is 26.1 Å². The van der Waals surface area contributed by atoms with E-state index < -0.39 is 12.0 Å². The van der Waals surface area contributed by atoms with Crippen molar-refractivity contribution in [1.29, 1.82) is 0 Å². The summed E-state index contributed by atoms with van der Waals surface area (Å²) in [7, 11) is 0. The third-order valence-corrected chi connectivity index (χ3v) is 4.34. The van der Waals surface area contributed by atoms with Gasteiger partial charge in [0.1, 0.15) is 4.88 Å². The third-order valence-electron chi connectivity index (χ3n) is 3.18. The van der Waals surface area contributed by atoms with E-state index in [9.17, 15) is 14.7 Å². The minimum absolute atomic E-state index is 0.0671. The Kier molecular flexibility index (Phi) is 4.23. The maximum Gasteiger partial charge on any atom is 0.348 e. The number of hydrogen-bond acceptors (Lipinski definition) is 3. The minimum Gasteiger partial charge on any atom is -0.477 e. The summed E-state index contributed by atoms with van der Waals surface area (Å²) in [6.07, 6.45) is 0. The van der Waals surface area contributed by atoms with Crippen LogP contribution in [0.15, 0.2) is 30.3 Å². The second-order valence-electron chi connectivity index (χ2n) is 5.94. The number of hydrogen-bond donors (Lipinski definition) is 3. The molecule has 0 saturated heterocycles. The highest BCUT2D eigenvalue weighted by Crippen LogP contribution is 2.39. The molecule has 1 aromatic carbocycles. The molecule has 0 aliphatic rings. The molecule has 2 rings (SSSR count). The molecule has 116 valence electrons. The number of thiophene rings is 1. The van der Waals surface area contributed by atoms with E-state index >= 15 is 0 Å². The first-order valence-electron chi connectivity index (χ1n) is 6.73. The Labute approximate surface area is 132 Å². The van der Waals surface area contributed by atoms with Crippen LogP contribution in [0.1, 0.15) is 36.0 Å². The molecule has 6 heteroatoms. The van der Waals surface area contributed by atoms with Gasteiger partial charge in [0.05, 0.1) is 5.69 Å². The molecule has 5 nitrogen and oxygen atoms in total. The second-order valence-corrected chi connectivity index (χ2v) is 7.00. The second kappa shape index (κ2) is 5.81. The Morgan fingerprint density at radius 2 is 1.86 bits per heavy atom. The molecule has 0 atom stereocenters. The molecule has 1 aromatic heterocycles. The van der Waals surface area contributed by atoms with Crippen LogP contribution in [0.25, 0.3) is 10.4 Å². The predicted molar refractivity (Wildman–Crippen MR) is 88.6 cm³/mol. The van der Waals surface area contributed by atoms with Gasteiger partial charge in [0.25, 0.3) is 0 Å². The number of primary amides is 1. The lowest BCUT2D eigenvalue weighted by atomic mass is 9.83. The van der Waals surface area contributed by atoms with Gasteiger partial charge < -0.3 is 16.2 Å². The molecule has 4 N–H and O–H groups in total. The van der Waals surface area contributed by atoms with E-state index in [1.807, 2.05) is 24.3 Å². The molecule has 22 heavy (non-hydrogen) atoms. The summed E-state index contributed by atoms with van der Waals surface area (Å²) in [4.78, 5) is 23.2. The van der Waals surface area contributed by atoms with Gasteiger partial charge in [0, 0.05) is 4.88 Å². The Bertz CT molecular complexity index is 729. The van der Waals surface area contributed by atoms with Gasteiger partial charge in [0.15, 0.2) is 0 Å². The van der Waals surface area contributed by atoms with E-state index in [0.717, 1.165) is 27.3 Å². The average Bonchev–Trinajstić information content (AvgIpc) is 2.81. The van der Waals surface area contributed by atoms with Crippen LogP contribution in [0, 0.1) is 0 Å². The third kappa shape index (κ3) is 3.28. The van der Waals surface area contributed by atoms with Gasteiger partial charge in [-0.1, -0.05) is 45.0 Å². The number of nitrogens with one attached hydrogen (secondary N) is 1. The van der Waals surface area contributed by atoms with Crippen LogP contribution < -0.4 is 11.1 Å². The maximum absolute atomic E-state index is 11.3. The van der Waals surface area contributed by atoms with Crippen LogP contribution in [-0.2, 0) is 5.41 Å². The van der Waals surface area contributed by atoms with Crippen LogP contribution >= 0.6 is 11.3 Å². The summed E-state index contributed by atoms with van der Waals surface area (Å²) >= 11 is 1.12. The lowest BCUT2D eigenvalue weighted by molar-refractivity contribution is 0.0703. The number of amides is 2. The Balaban J connectivity index is 2.60. The summed E-state index contributed by atoms with van der Waals surface area (Å²) in [5.74, 6) is -1.09. The van der Waals surface area contributed by atoms with Gasteiger partial charge >= 0.3 is 12.0 Å². The highest BCUT2D eigenvalue weighted by molar-refractivity contribution is 7.18. The van der Waals surface area contributed by atoms with Crippen LogP contribution in [0.5, 0.6) is 0 Å². The molecule has 2 aromatic rings. The number of carbonyl (C=O) groups is 2. The number of carboxylic acids is 1. The Morgan fingerprint density at radius 1 is 1.23 bits per heavy atom. The maximum atomic E-state index is 11.3. The molecule has 0 aliphatic heterocycles. The van der Waals surface area contributed by atoms with Crippen molar-refractivity contribution in [3.8, 4) is 10.4 Å². The van der Waals surface area contributed by atoms with E-state index in [4.69, 9.17) is 5.73 Å². The molecule has 1 heterocycles. The lowest BCUT2D eigenvalue weighted by Crippen LogP contribution is -2.20. The number of urea groups is 1. The molecule has 0 fully saturated rings. The number of anilines is 1. The predicted octanol–water partition coefficient (Wildman–Crippen LogP) is 3.90. The quantitative estimate of drug-likeness (QED) is 0.801. The number of nitrogens with two attached hydrogens (primary N) is 1. The summed E-state index contributed by atoms with van der Waals surface area (Å²) in [6.45, 7) is 6.29.